The largest absolute Gasteiger partial charge is 0.462 e. The number of esters is 1. The van der Waals surface area contributed by atoms with Crippen molar-refractivity contribution in [3.8, 4) is 0 Å². The summed E-state index contributed by atoms with van der Waals surface area (Å²) in [6, 6.07) is 3.59. The lowest BCUT2D eigenvalue weighted by molar-refractivity contribution is 0.0522. The molecule has 0 heterocycles. The molecule has 0 saturated heterocycles. The molecule has 0 amide bonds. The maximum absolute atomic E-state index is 11.6. The summed E-state index contributed by atoms with van der Waals surface area (Å²) in [4.78, 5) is 12.5. The van der Waals surface area contributed by atoms with Crippen molar-refractivity contribution in [1.29, 1.82) is 0 Å². The van der Waals surface area contributed by atoms with Crippen molar-refractivity contribution in [2.45, 2.75) is 18.7 Å². The molecule has 0 bridgehead atoms. The predicted octanol–water partition coefficient (Wildman–Crippen LogP) is 2.48. The third kappa shape index (κ3) is 2.65. The van der Waals surface area contributed by atoms with Crippen LogP contribution in [-0.2, 0) is 4.74 Å². The fraction of sp³-hybridized carbons (Fsp3) is 0.364. The van der Waals surface area contributed by atoms with Crippen LogP contribution >= 0.6 is 11.8 Å². The molecule has 3 nitrogen and oxygen atoms in total. The highest BCUT2D eigenvalue weighted by Gasteiger charge is 2.13. The van der Waals surface area contributed by atoms with E-state index in [2.05, 4.69) is 0 Å². The molecular formula is C11H15NO2S. The Morgan fingerprint density at radius 3 is 2.73 bits per heavy atom. The van der Waals surface area contributed by atoms with Crippen molar-refractivity contribution in [3.05, 3.63) is 23.3 Å². The number of anilines is 1. The highest BCUT2D eigenvalue weighted by molar-refractivity contribution is 7.98. The van der Waals surface area contributed by atoms with Gasteiger partial charge < -0.3 is 10.5 Å². The second-order valence-electron chi connectivity index (χ2n) is 3.13. The summed E-state index contributed by atoms with van der Waals surface area (Å²) in [5, 5.41) is 0. The van der Waals surface area contributed by atoms with Crippen LogP contribution in [0.2, 0.25) is 0 Å². The van der Waals surface area contributed by atoms with Crippen LogP contribution in [0.15, 0.2) is 17.0 Å². The molecule has 0 aliphatic rings. The van der Waals surface area contributed by atoms with Gasteiger partial charge in [0.25, 0.3) is 0 Å². The lowest BCUT2D eigenvalue weighted by Crippen LogP contribution is -2.07. The van der Waals surface area contributed by atoms with E-state index in [9.17, 15) is 4.79 Å². The van der Waals surface area contributed by atoms with Crippen molar-refractivity contribution in [3.63, 3.8) is 0 Å². The minimum atomic E-state index is -0.287. The summed E-state index contributed by atoms with van der Waals surface area (Å²) in [6.07, 6.45) is 1.91. The number of nitrogens with two attached hydrogens (primary N) is 1. The number of carbonyl (C=O) groups excluding carboxylic acids is 1. The number of hydrogen-bond donors (Lipinski definition) is 1. The molecule has 0 atom stereocenters. The summed E-state index contributed by atoms with van der Waals surface area (Å²) in [5.41, 5.74) is 7.97. The van der Waals surface area contributed by atoms with E-state index >= 15 is 0 Å². The first-order valence-corrected chi connectivity index (χ1v) is 5.93. The van der Waals surface area contributed by atoms with Gasteiger partial charge in [-0.1, -0.05) is 0 Å². The van der Waals surface area contributed by atoms with Crippen LogP contribution in [0.1, 0.15) is 22.8 Å². The van der Waals surface area contributed by atoms with Crippen molar-refractivity contribution >= 4 is 23.4 Å². The van der Waals surface area contributed by atoms with Gasteiger partial charge in [-0.3, -0.25) is 0 Å². The van der Waals surface area contributed by atoms with Gasteiger partial charge in [-0.25, -0.2) is 4.79 Å². The number of carbonyl (C=O) groups is 1. The lowest BCUT2D eigenvalue weighted by atomic mass is 10.1. The van der Waals surface area contributed by atoms with E-state index < -0.39 is 0 Å². The summed E-state index contributed by atoms with van der Waals surface area (Å²) in [7, 11) is 0. The molecule has 15 heavy (non-hydrogen) atoms. The van der Waals surface area contributed by atoms with E-state index in [0.717, 1.165) is 10.5 Å². The van der Waals surface area contributed by atoms with E-state index in [1.807, 2.05) is 19.2 Å². The Morgan fingerprint density at radius 1 is 1.53 bits per heavy atom. The topological polar surface area (TPSA) is 52.3 Å². The normalized spacial score (nSPS) is 10.1. The van der Waals surface area contributed by atoms with Crippen LogP contribution < -0.4 is 5.73 Å². The Kier molecular flexibility index (Phi) is 4.03. The number of hydrogen-bond acceptors (Lipinski definition) is 4. The number of nitrogen functional groups attached to an aromatic ring is 1. The average molecular weight is 225 g/mol. The van der Waals surface area contributed by atoms with Gasteiger partial charge in [-0.2, -0.15) is 0 Å². The van der Waals surface area contributed by atoms with Crippen molar-refractivity contribution < 1.29 is 9.53 Å². The second kappa shape index (κ2) is 5.07. The number of aryl methyl sites for hydroxylation is 1. The summed E-state index contributed by atoms with van der Waals surface area (Å²) in [5.74, 6) is -0.287. The summed E-state index contributed by atoms with van der Waals surface area (Å²) < 4.78 is 4.97. The summed E-state index contributed by atoms with van der Waals surface area (Å²) in [6.45, 7) is 4.05. The molecule has 2 N–H and O–H groups in total. The molecule has 0 unspecified atom stereocenters. The molecule has 0 aliphatic carbocycles. The van der Waals surface area contributed by atoms with Gasteiger partial charge >= 0.3 is 5.97 Å². The van der Waals surface area contributed by atoms with Gasteiger partial charge in [0.05, 0.1) is 12.2 Å². The molecule has 1 rings (SSSR count). The molecule has 0 spiro atoms. The third-order valence-corrected chi connectivity index (χ3v) is 2.86. The monoisotopic (exact) mass is 225 g/mol. The van der Waals surface area contributed by atoms with E-state index in [4.69, 9.17) is 10.5 Å². The first-order valence-electron chi connectivity index (χ1n) is 4.71. The van der Waals surface area contributed by atoms with Gasteiger partial charge in [0.1, 0.15) is 0 Å². The Balaban J connectivity index is 3.15. The van der Waals surface area contributed by atoms with Crippen LogP contribution in [0.5, 0.6) is 0 Å². The average Bonchev–Trinajstić information content (AvgIpc) is 2.21. The number of rotatable bonds is 3. The standard InChI is InChI=1S/C11H15NO2S/c1-4-14-11(13)8-5-7(2)9(12)6-10(8)15-3/h5-6H,4,12H2,1-3H3. The first kappa shape index (κ1) is 11.9. The SMILES string of the molecule is CCOC(=O)c1cc(C)c(N)cc1SC. The minimum Gasteiger partial charge on any atom is -0.462 e. The van der Waals surface area contributed by atoms with Crippen LogP contribution in [0.25, 0.3) is 0 Å². The molecule has 0 fully saturated rings. The Hall–Kier alpha value is -1.16. The maximum atomic E-state index is 11.6. The van der Waals surface area contributed by atoms with E-state index in [1.165, 1.54) is 11.8 Å². The van der Waals surface area contributed by atoms with E-state index in [1.54, 1.807) is 13.0 Å². The van der Waals surface area contributed by atoms with Gasteiger partial charge in [0.15, 0.2) is 0 Å². The zero-order valence-electron chi connectivity index (χ0n) is 9.16. The van der Waals surface area contributed by atoms with Crippen molar-refractivity contribution in [1.82, 2.24) is 0 Å². The molecule has 0 aromatic heterocycles. The van der Waals surface area contributed by atoms with Crippen LogP contribution in [-0.4, -0.2) is 18.8 Å². The van der Waals surface area contributed by atoms with E-state index in [-0.39, 0.29) is 5.97 Å². The molecule has 1 aromatic carbocycles. The van der Waals surface area contributed by atoms with Crippen LogP contribution in [0, 0.1) is 6.92 Å². The Morgan fingerprint density at radius 2 is 2.20 bits per heavy atom. The second-order valence-corrected chi connectivity index (χ2v) is 3.98. The maximum Gasteiger partial charge on any atom is 0.339 e. The molecule has 0 radical (unpaired) electrons. The van der Waals surface area contributed by atoms with Gasteiger partial charge in [0, 0.05) is 10.6 Å². The van der Waals surface area contributed by atoms with Gasteiger partial charge in [-0.05, 0) is 37.8 Å². The van der Waals surface area contributed by atoms with Gasteiger partial charge in [0.2, 0.25) is 0 Å². The molecule has 1 aromatic rings. The highest BCUT2D eigenvalue weighted by Crippen LogP contribution is 2.26. The minimum absolute atomic E-state index is 0.287. The number of thioether (sulfide) groups is 1. The molecule has 0 aliphatic heterocycles. The number of ether oxygens (including phenoxy) is 1. The molecule has 0 saturated carbocycles. The third-order valence-electron chi connectivity index (χ3n) is 2.08. The number of benzene rings is 1. The quantitative estimate of drug-likeness (QED) is 0.488. The Labute approximate surface area is 94.0 Å². The predicted molar refractivity (Wildman–Crippen MR) is 63.3 cm³/mol. The van der Waals surface area contributed by atoms with Crippen molar-refractivity contribution in [2.75, 3.05) is 18.6 Å². The van der Waals surface area contributed by atoms with Gasteiger partial charge in [-0.15, -0.1) is 11.8 Å². The lowest BCUT2D eigenvalue weighted by Gasteiger charge is -2.09. The molecular weight excluding hydrogens is 210 g/mol. The zero-order valence-corrected chi connectivity index (χ0v) is 9.98. The molecule has 82 valence electrons. The highest BCUT2D eigenvalue weighted by atomic mass is 32.2. The summed E-state index contributed by atoms with van der Waals surface area (Å²) >= 11 is 1.49. The smallest absolute Gasteiger partial charge is 0.339 e. The van der Waals surface area contributed by atoms with Crippen LogP contribution in [0.3, 0.4) is 0 Å². The molecule has 4 heteroatoms. The van der Waals surface area contributed by atoms with E-state index in [0.29, 0.717) is 17.9 Å². The van der Waals surface area contributed by atoms with Crippen molar-refractivity contribution in [2.24, 2.45) is 0 Å². The zero-order chi connectivity index (χ0) is 11.4. The fourth-order valence-corrected chi connectivity index (χ4v) is 1.85. The Bertz CT molecular complexity index is 377. The first-order chi connectivity index (χ1) is 7.10. The fourth-order valence-electron chi connectivity index (χ4n) is 1.24. The van der Waals surface area contributed by atoms with Crippen LogP contribution in [0.4, 0.5) is 5.69 Å².